The summed E-state index contributed by atoms with van der Waals surface area (Å²) in [6, 6.07) is 0. The molecule has 2 amide bonds. The molecule has 2 aliphatic heterocycles. The Balaban J connectivity index is 1.37. The normalized spacial score (nSPS) is 17.3. The number of hydrogen-bond acceptors (Lipinski definition) is 6. The number of fused-ring (bicyclic) bond motifs is 1. The largest absolute Gasteiger partial charge is 0.341 e. The first kappa shape index (κ1) is 17.7. The number of amides is 2. The van der Waals surface area contributed by atoms with Gasteiger partial charge >= 0.3 is 0 Å². The molecule has 2 aromatic heterocycles. The Bertz CT molecular complexity index is 819. The lowest BCUT2D eigenvalue weighted by molar-refractivity contribution is -0.132. The van der Waals surface area contributed by atoms with Crippen LogP contribution in [-0.4, -0.2) is 61.3 Å². The van der Waals surface area contributed by atoms with Crippen molar-refractivity contribution in [2.75, 3.05) is 25.0 Å². The summed E-state index contributed by atoms with van der Waals surface area (Å²) in [6.45, 7) is 3.21. The Hall–Kier alpha value is -2.75. The Morgan fingerprint density at radius 1 is 1.19 bits per heavy atom. The maximum Gasteiger partial charge on any atom is 0.278 e. The molecular formula is C17H24N8O2. The van der Waals surface area contributed by atoms with E-state index in [4.69, 9.17) is 0 Å². The quantitative estimate of drug-likeness (QED) is 0.710. The fraction of sp³-hybridized carbons (Fsp3) is 0.588. The summed E-state index contributed by atoms with van der Waals surface area (Å²) in [5.41, 5.74) is 2.23. The van der Waals surface area contributed by atoms with Gasteiger partial charge in [-0.2, -0.15) is 5.10 Å². The van der Waals surface area contributed by atoms with E-state index in [1.54, 1.807) is 0 Å². The number of anilines is 1. The van der Waals surface area contributed by atoms with E-state index in [1.165, 1.54) is 23.9 Å². The van der Waals surface area contributed by atoms with Crippen molar-refractivity contribution < 1.29 is 9.59 Å². The molecule has 0 bridgehead atoms. The van der Waals surface area contributed by atoms with Crippen LogP contribution in [0.3, 0.4) is 0 Å². The van der Waals surface area contributed by atoms with Gasteiger partial charge in [0.1, 0.15) is 12.9 Å². The van der Waals surface area contributed by atoms with Crippen molar-refractivity contribution in [1.29, 1.82) is 0 Å². The summed E-state index contributed by atoms with van der Waals surface area (Å²) in [5.74, 6) is -0.149. The van der Waals surface area contributed by atoms with Crippen LogP contribution in [0.2, 0.25) is 0 Å². The third-order valence-corrected chi connectivity index (χ3v) is 5.04. The zero-order valence-electron chi connectivity index (χ0n) is 15.2. The second kappa shape index (κ2) is 7.87. The number of hydrogen-bond donors (Lipinski definition) is 3. The molecule has 0 radical (unpaired) electrons. The molecule has 1 saturated heterocycles. The summed E-state index contributed by atoms with van der Waals surface area (Å²) in [5, 5.41) is 17.1. The van der Waals surface area contributed by atoms with Crippen LogP contribution in [-0.2, 0) is 24.3 Å². The average Bonchev–Trinajstić information content (AvgIpc) is 3.19. The van der Waals surface area contributed by atoms with Crippen LogP contribution in [0, 0.1) is 0 Å². The first-order chi connectivity index (χ1) is 13.2. The van der Waals surface area contributed by atoms with Gasteiger partial charge in [0, 0.05) is 43.9 Å². The smallest absolute Gasteiger partial charge is 0.278 e. The zero-order valence-corrected chi connectivity index (χ0v) is 15.2. The van der Waals surface area contributed by atoms with Crippen LogP contribution in [0.5, 0.6) is 0 Å². The molecule has 2 aliphatic rings. The Labute approximate surface area is 156 Å². The lowest BCUT2D eigenvalue weighted by Crippen LogP contribution is -2.34. The average molecular weight is 372 g/mol. The number of nitrogens with zero attached hydrogens (tertiary/aromatic N) is 5. The minimum absolute atomic E-state index is 0.0344. The number of aromatic nitrogens is 5. The summed E-state index contributed by atoms with van der Waals surface area (Å²) in [6.07, 6.45) is 6.74. The molecule has 0 unspecified atom stereocenters. The van der Waals surface area contributed by atoms with Gasteiger partial charge in [0.05, 0.1) is 0 Å². The Kier molecular flexibility index (Phi) is 5.14. The van der Waals surface area contributed by atoms with E-state index in [2.05, 4.69) is 30.9 Å². The number of nitrogens with one attached hydrogen (secondary N) is 3. The molecule has 4 rings (SSSR count). The highest BCUT2D eigenvalue weighted by Crippen LogP contribution is 2.16. The lowest BCUT2D eigenvalue weighted by Gasteiger charge is -2.19. The monoisotopic (exact) mass is 372 g/mol. The van der Waals surface area contributed by atoms with Crippen molar-refractivity contribution in [1.82, 2.24) is 35.2 Å². The van der Waals surface area contributed by atoms with Crippen LogP contribution in [0.15, 0.2) is 6.33 Å². The van der Waals surface area contributed by atoms with Crippen molar-refractivity contribution >= 4 is 17.8 Å². The number of rotatable bonds is 4. The number of carbonyl (C=O) groups excluding carboxylic acids is 2. The Morgan fingerprint density at radius 3 is 2.81 bits per heavy atom. The van der Waals surface area contributed by atoms with Gasteiger partial charge in [-0.3, -0.25) is 20.0 Å². The molecular weight excluding hydrogens is 348 g/mol. The van der Waals surface area contributed by atoms with Crippen molar-refractivity contribution in [2.24, 2.45) is 0 Å². The molecule has 3 N–H and O–H groups in total. The zero-order chi connectivity index (χ0) is 18.6. The van der Waals surface area contributed by atoms with Gasteiger partial charge < -0.3 is 10.2 Å². The molecule has 2 aromatic rings. The van der Waals surface area contributed by atoms with Crippen molar-refractivity contribution in [3.05, 3.63) is 23.3 Å². The first-order valence-corrected chi connectivity index (χ1v) is 9.46. The van der Waals surface area contributed by atoms with Gasteiger partial charge in [-0.25, -0.2) is 9.67 Å². The van der Waals surface area contributed by atoms with Gasteiger partial charge in [0.25, 0.3) is 5.91 Å². The number of aromatic amines is 1. The molecule has 10 nitrogen and oxygen atoms in total. The SMILES string of the molecule is O=C(Nc1ncn(CC(=O)N2CCCCCC2)n1)c1n[nH]c2c1CNCC2. The molecule has 144 valence electrons. The highest BCUT2D eigenvalue weighted by Gasteiger charge is 2.22. The summed E-state index contributed by atoms with van der Waals surface area (Å²) in [7, 11) is 0. The maximum atomic E-state index is 12.5. The van der Waals surface area contributed by atoms with E-state index in [0.717, 1.165) is 50.2 Å². The molecule has 10 heteroatoms. The minimum atomic E-state index is -0.354. The Morgan fingerprint density at radius 2 is 2.00 bits per heavy atom. The third kappa shape index (κ3) is 4.00. The van der Waals surface area contributed by atoms with Crippen LogP contribution in [0.4, 0.5) is 5.95 Å². The molecule has 0 spiro atoms. The van der Waals surface area contributed by atoms with Gasteiger partial charge in [-0.05, 0) is 12.8 Å². The van der Waals surface area contributed by atoms with E-state index in [-0.39, 0.29) is 24.3 Å². The number of likely N-dealkylation sites (tertiary alicyclic amines) is 1. The summed E-state index contributed by atoms with van der Waals surface area (Å²) >= 11 is 0. The minimum Gasteiger partial charge on any atom is -0.341 e. The highest BCUT2D eigenvalue weighted by atomic mass is 16.2. The number of H-pyrrole nitrogens is 1. The van der Waals surface area contributed by atoms with E-state index in [1.807, 2.05) is 4.90 Å². The van der Waals surface area contributed by atoms with Crippen LogP contribution in [0.1, 0.15) is 47.4 Å². The molecule has 0 aliphatic carbocycles. The highest BCUT2D eigenvalue weighted by molar-refractivity contribution is 6.03. The standard InChI is InChI=1S/C17H24N8O2/c26-14(24-7-3-1-2-4-8-24)10-25-11-19-17(23-25)20-16(27)15-12-9-18-6-5-13(12)21-22-15/h11,18H,1-10H2,(H,21,22)(H,20,23,27). The lowest BCUT2D eigenvalue weighted by atomic mass is 10.1. The van der Waals surface area contributed by atoms with Gasteiger partial charge in [-0.15, -0.1) is 5.10 Å². The molecule has 4 heterocycles. The van der Waals surface area contributed by atoms with Crippen LogP contribution >= 0.6 is 0 Å². The van der Waals surface area contributed by atoms with Crippen molar-refractivity contribution in [2.45, 2.75) is 45.2 Å². The van der Waals surface area contributed by atoms with Gasteiger partial charge in [0.2, 0.25) is 11.9 Å². The molecule has 0 aromatic carbocycles. The predicted octanol–water partition coefficient (Wildman–Crippen LogP) is 0.302. The summed E-state index contributed by atoms with van der Waals surface area (Å²) in [4.78, 5) is 30.9. The van der Waals surface area contributed by atoms with E-state index < -0.39 is 0 Å². The number of carbonyl (C=O) groups is 2. The van der Waals surface area contributed by atoms with Gasteiger partial charge in [0.15, 0.2) is 5.69 Å². The first-order valence-electron chi connectivity index (χ1n) is 9.46. The summed E-state index contributed by atoms with van der Waals surface area (Å²) < 4.78 is 1.46. The maximum absolute atomic E-state index is 12.5. The van der Waals surface area contributed by atoms with Crippen molar-refractivity contribution in [3.63, 3.8) is 0 Å². The fourth-order valence-electron chi connectivity index (χ4n) is 3.56. The second-order valence-corrected chi connectivity index (χ2v) is 6.97. The van der Waals surface area contributed by atoms with Crippen LogP contribution in [0.25, 0.3) is 0 Å². The third-order valence-electron chi connectivity index (χ3n) is 5.04. The molecule has 0 atom stereocenters. The molecule has 0 saturated carbocycles. The van der Waals surface area contributed by atoms with E-state index in [0.29, 0.717) is 12.2 Å². The second-order valence-electron chi connectivity index (χ2n) is 6.97. The molecule has 27 heavy (non-hydrogen) atoms. The van der Waals surface area contributed by atoms with E-state index >= 15 is 0 Å². The fourth-order valence-corrected chi connectivity index (χ4v) is 3.56. The van der Waals surface area contributed by atoms with E-state index in [9.17, 15) is 9.59 Å². The van der Waals surface area contributed by atoms with Crippen molar-refractivity contribution in [3.8, 4) is 0 Å². The van der Waals surface area contributed by atoms with Crippen LogP contribution < -0.4 is 10.6 Å². The predicted molar refractivity (Wildman–Crippen MR) is 97.0 cm³/mol. The van der Waals surface area contributed by atoms with Gasteiger partial charge in [-0.1, -0.05) is 12.8 Å². The molecule has 1 fully saturated rings. The topological polar surface area (TPSA) is 121 Å².